The van der Waals surface area contributed by atoms with E-state index in [1.54, 1.807) is 0 Å². The van der Waals surface area contributed by atoms with Crippen molar-refractivity contribution in [3.8, 4) is 43.1 Å². The Hall–Kier alpha value is -4.84. The van der Waals surface area contributed by atoms with Crippen molar-refractivity contribution in [1.82, 2.24) is 0 Å². The van der Waals surface area contributed by atoms with Crippen LogP contribution in [0.2, 0.25) is 0 Å². The molecule has 0 N–H and O–H groups in total. The molecule has 5 aromatic carbocycles. The summed E-state index contributed by atoms with van der Waals surface area (Å²) >= 11 is 1.90. The normalized spacial score (nSPS) is 12.5. The van der Waals surface area contributed by atoms with E-state index in [4.69, 9.17) is 4.42 Å². The summed E-state index contributed by atoms with van der Waals surface area (Å²) in [5.41, 5.74) is 11.7. The van der Waals surface area contributed by atoms with E-state index in [2.05, 4.69) is 115 Å². The van der Waals surface area contributed by atoms with Crippen molar-refractivity contribution >= 4 is 39.4 Å². The SMILES string of the molecule is c1c(-c2ccccc2-c2sc(-c3cccc(-c4ccccc4)c3)c3c2CCC=C3)cc2oc3ccccc3c2c#1. The Morgan fingerprint density at radius 2 is 1.40 bits per heavy atom. The Kier molecular flexibility index (Phi) is 5.43. The molecule has 1 aliphatic carbocycles. The van der Waals surface area contributed by atoms with Crippen LogP contribution in [0.4, 0.5) is 0 Å². The molecule has 40 heavy (non-hydrogen) atoms. The third-order valence-corrected chi connectivity index (χ3v) is 9.14. The number of furan rings is 1. The summed E-state index contributed by atoms with van der Waals surface area (Å²) in [7, 11) is 0. The molecule has 8 rings (SSSR count). The van der Waals surface area contributed by atoms with E-state index >= 15 is 0 Å². The molecule has 2 heteroatoms. The second kappa shape index (κ2) is 9.42. The number of hydrogen-bond donors (Lipinski definition) is 0. The lowest BCUT2D eigenvalue weighted by Gasteiger charge is -2.12. The predicted octanol–water partition coefficient (Wildman–Crippen LogP) is 10.9. The van der Waals surface area contributed by atoms with Crippen LogP contribution in [-0.2, 0) is 6.42 Å². The first kappa shape index (κ1) is 23.1. The molecular weight excluding hydrogens is 504 g/mol. The van der Waals surface area contributed by atoms with Crippen molar-refractivity contribution in [3.63, 3.8) is 0 Å². The summed E-state index contributed by atoms with van der Waals surface area (Å²) in [5.74, 6) is 0. The van der Waals surface area contributed by atoms with Gasteiger partial charge in [0.1, 0.15) is 11.2 Å². The largest absolute Gasteiger partial charge is 0.455 e. The molecule has 2 heterocycles. The summed E-state index contributed by atoms with van der Waals surface area (Å²) in [6, 6.07) is 45.4. The van der Waals surface area contributed by atoms with E-state index in [9.17, 15) is 0 Å². The van der Waals surface area contributed by atoms with Gasteiger partial charge in [-0.25, -0.2) is 0 Å². The lowest BCUT2D eigenvalue weighted by Crippen LogP contribution is -1.94. The van der Waals surface area contributed by atoms with Gasteiger partial charge in [0.2, 0.25) is 0 Å². The molecule has 0 saturated carbocycles. The fraction of sp³-hybridized carbons (Fsp3) is 0.0526. The van der Waals surface area contributed by atoms with Gasteiger partial charge in [0.05, 0.1) is 5.39 Å². The van der Waals surface area contributed by atoms with Gasteiger partial charge in [0.25, 0.3) is 0 Å². The molecule has 0 unspecified atom stereocenters. The third kappa shape index (κ3) is 3.79. The van der Waals surface area contributed by atoms with Gasteiger partial charge in [-0.05, 0) is 70.5 Å². The molecule has 0 atom stereocenters. The number of para-hydroxylation sites is 1. The smallest absolute Gasteiger partial charge is 0.145 e. The standard InChI is InChI=1S/C38H24OS/c1-2-11-25(12-3-1)26-13-10-14-28(23-26)37-33-18-6-7-19-34(33)38(40-37)32-17-5-4-15-29(32)27-21-22-31-30-16-8-9-20-35(30)39-36(31)24-27/h1-6,8-18,20,23-24H,7,19H2. The quantitative estimate of drug-likeness (QED) is 0.221. The molecule has 0 spiro atoms. The summed E-state index contributed by atoms with van der Waals surface area (Å²) in [6.07, 6.45) is 6.75. The molecule has 0 fully saturated rings. The average molecular weight is 529 g/mol. The van der Waals surface area contributed by atoms with Crippen molar-refractivity contribution in [2.45, 2.75) is 12.8 Å². The van der Waals surface area contributed by atoms with Crippen LogP contribution in [0.5, 0.6) is 0 Å². The zero-order valence-corrected chi connectivity index (χ0v) is 22.6. The minimum absolute atomic E-state index is 0.847. The van der Waals surface area contributed by atoms with E-state index in [-0.39, 0.29) is 0 Å². The van der Waals surface area contributed by atoms with Crippen LogP contribution in [0, 0.1) is 12.1 Å². The molecular formula is C38H24OS. The number of hydrogen-bond acceptors (Lipinski definition) is 2. The lowest BCUT2D eigenvalue weighted by molar-refractivity contribution is 0.669. The molecule has 0 bridgehead atoms. The third-order valence-electron chi connectivity index (χ3n) is 7.81. The monoisotopic (exact) mass is 528 g/mol. The van der Waals surface area contributed by atoms with Gasteiger partial charge >= 0.3 is 0 Å². The zero-order valence-electron chi connectivity index (χ0n) is 21.8. The van der Waals surface area contributed by atoms with E-state index < -0.39 is 0 Å². The van der Waals surface area contributed by atoms with Gasteiger partial charge < -0.3 is 4.42 Å². The molecule has 2 aromatic heterocycles. The second-order valence-electron chi connectivity index (χ2n) is 10.2. The number of rotatable bonds is 4. The highest BCUT2D eigenvalue weighted by Gasteiger charge is 2.22. The van der Waals surface area contributed by atoms with Gasteiger partial charge in [-0.15, -0.1) is 11.3 Å². The van der Waals surface area contributed by atoms with Crippen molar-refractivity contribution in [2.75, 3.05) is 0 Å². The first-order chi connectivity index (χ1) is 19.8. The van der Waals surface area contributed by atoms with Gasteiger partial charge in [0.15, 0.2) is 0 Å². The van der Waals surface area contributed by atoms with Gasteiger partial charge in [-0.1, -0.05) is 109 Å². The van der Waals surface area contributed by atoms with Crippen LogP contribution in [-0.4, -0.2) is 0 Å². The first-order valence-electron chi connectivity index (χ1n) is 13.7. The Morgan fingerprint density at radius 1 is 0.625 bits per heavy atom. The Bertz CT molecular complexity index is 2050. The highest BCUT2D eigenvalue weighted by atomic mass is 32.1. The summed E-state index contributed by atoms with van der Waals surface area (Å²) < 4.78 is 6.20. The molecule has 7 aromatic rings. The first-order valence-corrected chi connectivity index (χ1v) is 14.5. The zero-order chi connectivity index (χ0) is 26.5. The topological polar surface area (TPSA) is 13.1 Å². The highest BCUT2D eigenvalue weighted by Crippen LogP contribution is 2.48. The van der Waals surface area contributed by atoms with E-state index in [1.165, 1.54) is 43.1 Å². The number of allylic oxidation sites excluding steroid dienone is 1. The fourth-order valence-corrected chi connectivity index (χ4v) is 7.26. The van der Waals surface area contributed by atoms with Crippen LogP contribution in [0.1, 0.15) is 17.5 Å². The van der Waals surface area contributed by atoms with E-state index in [0.29, 0.717) is 0 Å². The molecule has 0 aliphatic heterocycles. The molecule has 0 radical (unpaired) electrons. The number of thiophene rings is 1. The van der Waals surface area contributed by atoms with E-state index in [0.717, 1.165) is 45.9 Å². The van der Waals surface area contributed by atoms with Crippen molar-refractivity contribution < 1.29 is 4.42 Å². The lowest BCUT2D eigenvalue weighted by atomic mass is 9.91. The molecule has 0 saturated heterocycles. The summed E-state index contributed by atoms with van der Waals surface area (Å²) in [5, 5.41) is 2.06. The van der Waals surface area contributed by atoms with Crippen molar-refractivity contribution in [3.05, 3.63) is 139 Å². The van der Waals surface area contributed by atoms with Crippen LogP contribution in [0.3, 0.4) is 0 Å². The maximum atomic E-state index is 6.20. The minimum atomic E-state index is 0.847. The minimum Gasteiger partial charge on any atom is -0.455 e. The van der Waals surface area contributed by atoms with Crippen molar-refractivity contribution in [2.24, 2.45) is 0 Å². The maximum absolute atomic E-state index is 6.20. The van der Waals surface area contributed by atoms with Crippen LogP contribution < -0.4 is 0 Å². The molecule has 1 aliphatic rings. The number of benzene rings is 4. The Morgan fingerprint density at radius 3 is 2.33 bits per heavy atom. The van der Waals surface area contributed by atoms with Gasteiger partial charge in [-0.3, -0.25) is 0 Å². The van der Waals surface area contributed by atoms with Crippen LogP contribution in [0.15, 0.2) is 120 Å². The fourth-order valence-electron chi connectivity index (χ4n) is 5.89. The molecule has 188 valence electrons. The Balaban J connectivity index is 1.28. The van der Waals surface area contributed by atoms with E-state index in [1.807, 2.05) is 29.5 Å². The average Bonchev–Trinajstić information content (AvgIpc) is 3.60. The van der Waals surface area contributed by atoms with Crippen LogP contribution in [0.25, 0.3) is 71.1 Å². The van der Waals surface area contributed by atoms with Crippen LogP contribution >= 0.6 is 11.3 Å². The Labute approximate surface area is 237 Å². The second-order valence-corrected chi connectivity index (χ2v) is 11.3. The number of fused-ring (bicyclic) bond motifs is 4. The predicted molar refractivity (Wildman–Crippen MR) is 168 cm³/mol. The maximum Gasteiger partial charge on any atom is 0.145 e. The summed E-state index contributed by atoms with van der Waals surface area (Å²) in [6.45, 7) is 0. The molecule has 1 nitrogen and oxygen atoms in total. The van der Waals surface area contributed by atoms with Gasteiger partial charge in [-0.2, -0.15) is 0 Å². The summed E-state index contributed by atoms with van der Waals surface area (Å²) in [4.78, 5) is 2.67. The highest BCUT2D eigenvalue weighted by molar-refractivity contribution is 7.19. The van der Waals surface area contributed by atoms with Gasteiger partial charge in [0, 0.05) is 26.3 Å². The van der Waals surface area contributed by atoms with Crippen molar-refractivity contribution in [1.29, 1.82) is 0 Å². The molecule has 0 amide bonds.